The van der Waals surface area contributed by atoms with Crippen LogP contribution in [0.2, 0.25) is 0 Å². The lowest BCUT2D eigenvalue weighted by Crippen LogP contribution is -2.13. The van der Waals surface area contributed by atoms with E-state index in [1.54, 1.807) is 6.92 Å². The Balaban J connectivity index is 2.39. The van der Waals surface area contributed by atoms with Crippen LogP contribution in [0.5, 0.6) is 0 Å². The molecule has 3 N–H and O–H groups in total. The highest BCUT2D eigenvalue weighted by Crippen LogP contribution is 2.33. The molecule has 11 heteroatoms. The Morgan fingerprint density at radius 1 is 0.933 bits per heavy atom. The van der Waals surface area contributed by atoms with E-state index in [-0.39, 0.29) is 32.3 Å². The van der Waals surface area contributed by atoms with Gasteiger partial charge in [0.1, 0.15) is 27.7 Å². The van der Waals surface area contributed by atoms with Crippen molar-refractivity contribution in [3.05, 3.63) is 38.5 Å². The van der Waals surface area contributed by atoms with E-state index >= 15 is 0 Å². The van der Waals surface area contributed by atoms with E-state index in [1.807, 2.05) is 6.92 Å². The highest BCUT2D eigenvalue weighted by Gasteiger charge is 2.29. The van der Waals surface area contributed by atoms with Gasteiger partial charge in [0.05, 0.1) is 26.9 Å². The lowest BCUT2D eigenvalue weighted by Gasteiger charge is -2.08. The van der Waals surface area contributed by atoms with Crippen LogP contribution in [0, 0.1) is 6.92 Å². The summed E-state index contributed by atoms with van der Waals surface area (Å²) in [7, 11) is 3.58. The molecule has 0 aliphatic heterocycles. The Morgan fingerprint density at radius 2 is 1.50 bits per heavy atom. The van der Waals surface area contributed by atoms with Crippen LogP contribution in [-0.4, -0.2) is 50.2 Å². The number of nitrogens with two attached hydrogens (primary N) is 1. The molecule has 0 amide bonds. The maximum absolute atomic E-state index is 12.7. The molecular formula is C19H22N2O8S. The van der Waals surface area contributed by atoms with Gasteiger partial charge in [0.15, 0.2) is 0 Å². The van der Waals surface area contributed by atoms with E-state index in [0.29, 0.717) is 17.7 Å². The number of carbonyl (C=O) groups excluding carboxylic acids is 4. The highest BCUT2D eigenvalue weighted by atomic mass is 32.1. The molecule has 2 heterocycles. The minimum absolute atomic E-state index is 0.0240. The molecule has 0 radical (unpaired) electrons. The molecule has 10 nitrogen and oxygen atoms in total. The van der Waals surface area contributed by atoms with Gasteiger partial charge in [0.25, 0.3) is 0 Å². The molecule has 0 unspecified atom stereocenters. The summed E-state index contributed by atoms with van der Waals surface area (Å²) < 4.78 is 19.5. The van der Waals surface area contributed by atoms with Crippen molar-refractivity contribution in [2.45, 2.75) is 26.9 Å². The third-order valence-corrected chi connectivity index (χ3v) is 5.46. The number of hydrogen-bond donors (Lipinski definition) is 2. The fraction of sp³-hybridized carbons (Fsp3) is 0.368. The number of aryl methyl sites for hydroxylation is 1. The van der Waals surface area contributed by atoms with Gasteiger partial charge in [-0.1, -0.05) is 6.92 Å². The SMILES string of the molecule is CCc1[nH]c(C(=O)OCc2c(C(=O)OC)sc(N)c2C(=O)OC)c(C)c1C(=O)OC. The molecule has 0 spiro atoms. The quantitative estimate of drug-likeness (QED) is 0.490. The third-order valence-electron chi connectivity index (χ3n) is 4.42. The topological polar surface area (TPSA) is 147 Å². The van der Waals surface area contributed by atoms with Crippen LogP contribution < -0.4 is 5.73 Å². The van der Waals surface area contributed by atoms with Crippen molar-refractivity contribution in [2.24, 2.45) is 0 Å². The van der Waals surface area contributed by atoms with E-state index in [0.717, 1.165) is 18.4 Å². The zero-order valence-electron chi connectivity index (χ0n) is 17.2. The summed E-state index contributed by atoms with van der Waals surface area (Å²) >= 11 is 0.827. The molecule has 0 saturated heterocycles. The van der Waals surface area contributed by atoms with Crippen LogP contribution in [0.4, 0.5) is 5.00 Å². The van der Waals surface area contributed by atoms with Crippen LogP contribution >= 0.6 is 11.3 Å². The molecule has 0 aliphatic rings. The number of aromatic nitrogens is 1. The monoisotopic (exact) mass is 438 g/mol. The van der Waals surface area contributed by atoms with Gasteiger partial charge in [0, 0.05) is 11.3 Å². The fourth-order valence-electron chi connectivity index (χ4n) is 2.92. The minimum atomic E-state index is -0.784. The van der Waals surface area contributed by atoms with Gasteiger partial charge in [-0.15, -0.1) is 11.3 Å². The maximum Gasteiger partial charge on any atom is 0.355 e. The summed E-state index contributed by atoms with van der Waals surface area (Å²) in [4.78, 5) is 51.8. The summed E-state index contributed by atoms with van der Waals surface area (Å²) in [6.45, 7) is 2.96. The average molecular weight is 438 g/mol. The van der Waals surface area contributed by atoms with Crippen LogP contribution in [0.15, 0.2) is 0 Å². The molecule has 162 valence electrons. The summed E-state index contributed by atoms with van der Waals surface area (Å²) in [5.41, 5.74) is 7.09. The number of anilines is 1. The van der Waals surface area contributed by atoms with Crippen LogP contribution in [0.25, 0.3) is 0 Å². The van der Waals surface area contributed by atoms with Gasteiger partial charge in [-0.3, -0.25) is 0 Å². The lowest BCUT2D eigenvalue weighted by molar-refractivity contribution is 0.0446. The molecule has 0 aromatic carbocycles. The number of hydrogen-bond acceptors (Lipinski definition) is 10. The number of H-pyrrole nitrogens is 1. The number of esters is 4. The van der Waals surface area contributed by atoms with E-state index in [9.17, 15) is 19.2 Å². The van der Waals surface area contributed by atoms with Crippen molar-refractivity contribution < 1.29 is 38.1 Å². The van der Waals surface area contributed by atoms with Crippen LogP contribution in [-0.2, 0) is 32.0 Å². The van der Waals surface area contributed by atoms with Gasteiger partial charge in [0.2, 0.25) is 0 Å². The Bertz CT molecular complexity index is 1000. The van der Waals surface area contributed by atoms with E-state index in [2.05, 4.69) is 4.98 Å². The normalized spacial score (nSPS) is 10.4. The Hall–Kier alpha value is -3.34. The minimum Gasteiger partial charge on any atom is -0.465 e. The predicted octanol–water partition coefficient (Wildman–Crippen LogP) is 2.25. The Labute approximate surface area is 176 Å². The molecule has 0 saturated carbocycles. The first-order chi connectivity index (χ1) is 14.2. The van der Waals surface area contributed by atoms with E-state index < -0.39 is 30.5 Å². The number of methoxy groups -OCH3 is 3. The molecule has 0 fully saturated rings. The number of thiophene rings is 1. The van der Waals surface area contributed by atoms with Crippen molar-refractivity contribution in [3.8, 4) is 0 Å². The molecule has 0 bridgehead atoms. The molecule has 30 heavy (non-hydrogen) atoms. The second-order valence-electron chi connectivity index (χ2n) is 6.03. The van der Waals surface area contributed by atoms with Gasteiger partial charge in [-0.2, -0.15) is 0 Å². The largest absolute Gasteiger partial charge is 0.465 e. The van der Waals surface area contributed by atoms with Gasteiger partial charge in [-0.05, 0) is 18.9 Å². The first-order valence-corrected chi connectivity index (χ1v) is 9.57. The van der Waals surface area contributed by atoms with Gasteiger partial charge >= 0.3 is 23.9 Å². The number of nitrogen functional groups attached to an aromatic ring is 1. The third kappa shape index (κ3) is 4.15. The molecule has 2 aromatic rings. The Kier molecular flexibility index (Phi) is 7.22. The molecule has 0 aliphatic carbocycles. The number of carbonyl (C=O) groups is 4. The summed E-state index contributed by atoms with van der Waals surface area (Å²) in [6.07, 6.45) is 0.457. The van der Waals surface area contributed by atoms with Crippen LogP contribution in [0.3, 0.4) is 0 Å². The zero-order chi connectivity index (χ0) is 22.6. The summed E-state index contributed by atoms with van der Waals surface area (Å²) in [5.74, 6) is -2.87. The standard InChI is InChI=1S/C19H22N2O8S/c1-6-10-11(16(22)26-3)8(2)13(21-10)18(24)29-7-9-12(17(23)27-4)15(20)30-14(9)19(25)28-5/h21H,6-7,20H2,1-5H3. The van der Waals surface area contributed by atoms with Crippen molar-refractivity contribution in [3.63, 3.8) is 0 Å². The highest BCUT2D eigenvalue weighted by molar-refractivity contribution is 7.18. The molecular weight excluding hydrogens is 416 g/mol. The fourth-order valence-corrected chi connectivity index (χ4v) is 3.90. The molecule has 2 aromatic heterocycles. The number of aromatic amines is 1. The van der Waals surface area contributed by atoms with Crippen molar-refractivity contribution in [2.75, 3.05) is 27.1 Å². The molecule has 0 atom stereocenters. The summed E-state index contributed by atoms with van der Waals surface area (Å²) in [5, 5.41) is 0.0330. The number of nitrogens with one attached hydrogen (secondary N) is 1. The second kappa shape index (κ2) is 9.44. The second-order valence-corrected chi connectivity index (χ2v) is 7.08. The van der Waals surface area contributed by atoms with Crippen LogP contribution in [0.1, 0.15) is 64.6 Å². The zero-order valence-corrected chi connectivity index (χ0v) is 18.0. The smallest absolute Gasteiger partial charge is 0.355 e. The van der Waals surface area contributed by atoms with Crippen molar-refractivity contribution >= 4 is 40.2 Å². The number of ether oxygens (including phenoxy) is 4. The first-order valence-electron chi connectivity index (χ1n) is 8.76. The molecule has 2 rings (SSSR count). The van der Waals surface area contributed by atoms with Gasteiger partial charge < -0.3 is 29.7 Å². The number of rotatable bonds is 7. The predicted molar refractivity (Wildman–Crippen MR) is 107 cm³/mol. The van der Waals surface area contributed by atoms with Crippen molar-refractivity contribution in [1.29, 1.82) is 0 Å². The lowest BCUT2D eigenvalue weighted by atomic mass is 10.1. The average Bonchev–Trinajstić information content (AvgIpc) is 3.26. The van der Waals surface area contributed by atoms with Crippen molar-refractivity contribution in [1.82, 2.24) is 4.98 Å². The first kappa shape index (κ1) is 22.9. The van der Waals surface area contributed by atoms with E-state index in [1.165, 1.54) is 14.2 Å². The maximum atomic E-state index is 12.7. The Morgan fingerprint density at radius 3 is 2.03 bits per heavy atom. The van der Waals surface area contributed by atoms with Gasteiger partial charge in [-0.25, -0.2) is 19.2 Å². The summed E-state index contributed by atoms with van der Waals surface area (Å²) in [6, 6.07) is 0. The van der Waals surface area contributed by atoms with E-state index in [4.69, 9.17) is 24.7 Å².